The molecular weight excluding hydrogens is 328 g/mol. The molecule has 1 aromatic rings. The molecule has 1 N–H and O–H groups in total. The van der Waals surface area contributed by atoms with Gasteiger partial charge in [-0.1, -0.05) is 26.0 Å². The molecule has 0 saturated carbocycles. The van der Waals surface area contributed by atoms with E-state index in [1.165, 1.54) is 10.5 Å². The molecule has 1 heterocycles. The lowest BCUT2D eigenvalue weighted by atomic mass is 10.0. The second-order valence-corrected chi connectivity index (χ2v) is 8.83. The molecule has 6 nitrogen and oxygen atoms in total. The smallest absolute Gasteiger partial charge is 0.320 e. The van der Waals surface area contributed by atoms with Gasteiger partial charge in [-0.2, -0.15) is 0 Å². The van der Waals surface area contributed by atoms with E-state index >= 15 is 0 Å². The fourth-order valence-corrected chi connectivity index (χ4v) is 4.46. The number of carbonyl (C=O) groups excluding carboxylic acids is 1. The maximum Gasteiger partial charge on any atom is 0.320 e. The zero-order valence-corrected chi connectivity index (χ0v) is 15.5. The minimum atomic E-state index is -3.02. The summed E-state index contributed by atoms with van der Waals surface area (Å²) in [6.07, 6.45) is -0.0270. The second-order valence-electron chi connectivity index (χ2n) is 6.60. The van der Waals surface area contributed by atoms with Gasteiger partial charge in [0.25, 0.3) is 0 Å². The molecule has 1 aliphatic rings. The van der Waals surface area contributed by atoms with Crippen LogP contribution in [-0.4, -0.2) is 50.2 Å². The number of carbonyl (C=O) groups is 1. The number of nitrogens with one attached hydrogen (secondary N) is 1. The number of nitrogens with zero attached hydrogens (tertiary/aromatic N) is 1. The lowest BCUT2D eigenvalue weighted by Crippen LogP contribution is -2.48. The van der Waals surface area contributed by atoms with Crippen molar-refractivity contribution in [1.82, 2.24) is 10.2 Å². The number of sulfone groups is 1. The molecule has 1 aliphatic heterocycles. The van der Waals surface area contributed by atoms with Crippen LogP contribution in [0.1, 0.15) is 38.7 Å². The van der Waals surface area contributed by atoms with E-state index in [0.29, 0.717) is 18.1 Å². The van der Waals surface area contributed by atoms with Crippen LogP contribution < -0.4 is 10.1 Å². The van der Waals surface area contributed by atoms with E-state index in [-0.39, 0.29) is 23.6 Å². The average Bonchev–Trinajstić information content (AvgIpc) is 2.86. The van der Waals surface area contributed by atoms with Gasteiger partial charge in [-0.25, -0.2) is 13.2 Å². The first kappa shape index (κ1) is 18.6. The largest absolute Gasteiger partial charge is 0.471 e. The van der Waals surface area contributed by atoms with E-state index < -0.39 is 16.1 Å². The number of urea groups is 1. The van der Waals surface area contributed by atoms with Crippen molar-refractivity contribution in [3.63, 3.8) is 0 Å². The quantitative estimate of drug-likeness (QED) is 0.824. The van der Waals surface area contributed by atoms with Gasteiger partial charge >= 0.3 is 6.03 Å². The summed E-state index contributed by atoms with van der Waals surface area (Å²) in [5.74, 6) is 1.30. The van der Waals surface area contributed by atoms with E-state index in [2.05, 4.69) is 19.2 Å². The molecule has 2 rings (SSSR count). The van der Waals surface area contributed by atoms with Crippen LogP contribution in [0.25, 0.3) is 0 Å². The van der Waals surface area contributed by atoms with Crippen LogP contribution in [0.5, 0.6) is 5.75 Å². The van der Waals surface area contributed by atoms with Crippen LogP contribution in [0, 0.1) is 0 Å². The summed E-state index contributed by atoms with van der Waals surface area (Å²) in [5.41, 5.74) is 1.22. The Morgan fingerprint density at radius 3 is 2.38 bits per heavy atom. The molecule has 0 aromatic heterocycles. The summed E-state index contributed by atoms with van der Waals surface area (Å²) in [6, 6.07) is 7.17. The summed E-state index contributed by atoms with van der Waals surface area (Å²) >= 11 is 0. The number of ether oxygens (including phenoxy) is 1. The molecule has 24 heavy (non-hydrogen) atoms. The van der Waals surface area contributed by atoms with Crippen molar-refractivity contribution in [3.8, 4) is 5.75 Å². The van der Waals surface area contributed by atoms with Crippen LogP contribution >= 0.6 is 0 Å². The average molecular weight is 354 g/mol. The van der Waals surface area contributed by atoms with Crippen molar-refractivity contribution in [3.05, 3.63) is 29.8 Å². The Morgan fingerprint density at radius 1 is 1.25 bits per heavy atom. The fourth-order valence-electron chi connectivity index (χ4n) is 2.69. The maximum absolute atomic E-state index is 12.2. The molecule has 1 saturated heterocycles. The maximum atomic E-state index is 12.2. The van der Waals surface area contributed by atoms with Crippen molar-refractivity contribution >= 4 is 15.9 Å². The van der Waals surface area contributed by atoms with Gasteiger partial charge in [-0.15, -0.1) is 0 Å². The summed E-state index contributed by atoms with van der Waals surface area (Å²) in [5, 5.41) is 2.74. The number of hydrogen-bond donors (Lipinski definition) is 1. The third kappa shape index (κ3) is 4.87. The number of hydrogen-bond acceptors (Lipinski definition) is 4. The van der Waals surface area contributed by atoms with Crippen molar-refractivity contribution in [2.75, 3.05) is 18.6 Å². The lowest BCUT2D eigenvalue weighted by molar-refractivity contribution is 0.151. The summed E-state index contributed by atoms with van der Waals surface area (Å²) < 4.78 is 28.7. The molecule has 0 bridgehead atoms. The third-order valence-electron chi connectivity index (χ3n) is 4.26. The molecule has 7 heteroatoms. The minimum absolute atomic E-state index is 0.0306. The molecule has 1 fully saturated rings. The number of amides is 2. The minimum Gasteiger partial charge on any atom is -0.471 e. The van der Waals surface area contributed by atoms with Gasteiger partial charge in [0.15, 0.2) is 16.1 Å². The first-order chi connectivity index (χ1) is 11.2. The highest BCUT2D eigenvalue weighted by atomic mass is 32.2. The van der Waals surface area contributed by atoms with Crippen molar-refractivity contribution < 1.29 is 17.9 Å². The molecular formula is C17H26N2O4S. The molecule has 134 valence electrons. The van der Waals surface area contributed by atoms with E-state index in [4.69, 9.17) is 4.74 Å². The van der Waals surface area contributed by atoms with E-state index in [1.807, 2.05) is 24.3 Å². The van der Waals surface area contributed by atoms with Gasteiger partial charge in [0.2, 0.25) is 0 Å². The Kier molecular flexibility index (Phi) is 5.74. The molecule has 2 amide bonds. The third-order valence-corrected chi connectivity index (χ3v) is 6.01. The van der Waals surface area contributed by atoms with Crippen molar-refractivity contribution in [1.29, 1.82) is 0 Å². The Morgan fingerprint density at radius 2 is 1.88 bits per heavy atom. The predicted octanol–water partition coefficient (Wildman–Crippen LogP) is 2.36. The molecule has 0 aliphatic carbocycles. The van der Waals surface area contributed by atoms with Gasteiger partial charge in [0.1, 0.15) is 5.75 Å². The SMILES string of the molecule is CC(NC(=O)N(C)C1CCS(=O)(=O)C1)Oc1ccc(C(C)C)cc1. The van der Waals surface area contributed by atoms with Crippen LogP contribution in [0.2, 0.25) is 0 Å². The van der Waals surface area contributed by atoms with Gasteiger partial charge in [0, 0.05) is 13.1 Å². The van der Waals surface area contributed by atoms with E-state index in [1.54, 1.807) is 14.0 Å². The molecule has 0 spiro atoms. The van der Waals surface area contributed by atoms with Crippen LogP contribution in [0.15, 0.2) is 24.3 Å². The van der Waals surface area contributed by atoms with Crippen LogP contribution in [0.4, 0.5) is 4.79 Å². The molecule has 2 atom stereocenters. The van der Waals surface area contributed by atoms with Crippen molar-refractivity contribution in [2.45, 2.75) is 45.4 Å². The highest BCUT2D eigenvalue weighted by molar-refractivity contribution is 7.91. The number of benzene rings is 1. The monoisotopic (exact) mass is 354 g/mol. The van der Waals surface area contributed by atoms with Crippen molar-refractivity contribution in [2.24, 2.45) is 0 Å². The standard InChI is InChI=1S/C17H26N2O4S/c1-12(2)14-5-7-16(8-6-14)23-13(3)18-17(20)19(4)15-9-10-24(21,22)11-15/h5-8,12-13,15H,9-11H2,1-4H3,(H,18,20). The first-order valence-electron chi connectivity index (χ1n) is 8.18. The zero-order chi connectivity index (χ0) is 17.9. The summed E-state index contributed by atoms with van der Waals surface area (Å²) in [4.78, 5) is 13.7. The summed E-state index contributed by atoms with van der Waals surface area (Å²) in [6.45, 7) is 5.99. The van der Waals surface area contributed by atoms with Gasteiger partial charge in [-0.3, -0.25) is 0 Å². The zero-order valence-electron chi connectivity index (χ0n) is 14.7. The van der Waals surface area contributed by atoms with E-state index in [0.717, 1.165) is 0 Å². The Balaban J connectivity index is 1.87. The molecule has 2 unspecified atom stereocenters. The van der Waals surface area contributed by atoms with Crippen LogP contribution in [0.3, 0.4) is 0 Å². The molecule has 0 radical (unpaired) electrons. The lowest BCUT2D eigenvalue weighted by Gasteiger charge is -2.26. The molecule has 1 aromatic carbocycles. The Bertz CT molecular complexity index is 670. The highest BCUT2D eigenvalue weighted by Crippen LogP contribution is 2.19. The summed E-state index contributed by atoms with van der Waals surface area (Å²) in [7, 11) is -1.40. The predicted molar refractivity (Wildman–Crippen MR) is 94.0 cm³/mol. The van der Waals surface area contributed by atoms with Gasteiger partial charge in [-0.05, 0) is 37.0 Å². The van der Waals surface area contributed by atoms with E-state index in [9.17, 15) is 13.2 Å². The fraction of sp³-hybridized carbons (Fsp3) is 0.588. The topological polar surface area (TPSA) is 75.7 Å². The van der Waals surface area contributed by atoms with Crippen LogP contribution in [-0.2, 0) is 9.84 Å². The normalized spacial score (nSPS) is 20.6. The second kappa shape index (κ2) is 7.42. The van der Waals surface area contributed by atoms with Gasteiger partial charge < -0.3 is 15.0 Å². The first-order valence-corrected chi connectivity index (χ1v) is 10.0. The highest BCUT2D eigenvalue weighted by Gasteiger charge is 2.33. The number of rotatable bonds is 5. The Hall–Kier alpha value is -1.76. The van der Waals surface area contributed by atoms with Gasteiger partial charge in [0.05, 0.1) is 11.5 Å². The Labute approximate surface area is 144 Å².